The summed E-state index contributed by atoms with van der Waals surface area (Å²) in [6.45, 7) is 0.298. The Labute approximate surface area is 213 Å². The third-order valence-electron chi connectivity index (χ3n) is 6.36. The van der Waals surface area contributed by atoms with Gasteiger partial charge in [-0.05, 0) is 61.1 Å². The maximum atomic E-state index is 13.1. The molecule has 0 aromatic heterocycles. The topological polar surface area (TPSA) is 116 Å². The Bertz CT molecular complexity index is 1440. The van der Waals surface area contributed by atoms with Gasteiger partial charge in [0.2, 0.25) is 10.0 Å². The van der Waals surface area contributed by atoms with E-state index in [1.54, 1.807) is 44.2 Å². The number of hydrogen-bond donors (Lipinski definition) is 2. The van der Waals surface area contributed by atoms with E-state index in [1.165, 1.54) is 6.07 Å². The molecule has 0 spiro atoms. The third-order valence-corrected chi connectivity index (χ3v) is 7.09. The van der Waals surface area contributed by atoms with Gasteiger partial charge in [0.15, 0.2) is 0 Å². The van der Waals surface area contributed by atoms with Crippen LogP contribution in [0.5, 0.6) is 11.5 Å². The molecule has 1 aliphatic rings. The number of aliphatic carboxylic acids is 1. The van der Waals surface area contributed by atoms with Crippen LogP contribution in [-0.2, 0) is 27.0 Å². The van der Waals surface area contributed by atoms with Gasteiger partial charge in [0.25, 0.3) is 0 Å². The number of aryl methyl sites for hydroxylation is 1. The van der Waals surface area contributed by atoms with Gasteiger partial charge in [0.1, 0.15) is 17.6 Å². The summed E-state index contributed by atoms with van der Waals surface area (Å²) in [5.74, 6) is -1.00. The fourth-order valence-electron chi connectivity index (χ4n) is 4.36. The van der Waals surface area contributed by atoms with Crippen molar-refractivity contribution in [2.75, 3.05) is 0 Å². The van der Waals surface area contributed by atoms with Crippen LogP contribution in [0.3, 0.4) is 0 Å². The predicted molar refractivity (Wildman–Crippen MR) is 134 cm³/mol. The highest BCUT2D eigenvalue weighted by molar-refractivity contribution is 7.88. The van der Waals surface area contributed by atoms with Crippen molar-refractivity contribution in [3.8, 4) is 22.6 Å². The van der Waals surface area contributed by atoms with Crippen LogP contribution in [-0.4, -0.2) is 26.1 Å². The lowest BCUT2D eigenvalue weighted by Gasteiger charge is -2.31. The largest absolute Gasteiger partial charge is 0.481 e. The minimum absolute atomic E-state index is 0.0592. The zero-order valence-corrected chi connectivity index (χ0v) is 21.1. The minimum Gasteiger partial charge on any atom is -0.481 e. The molecule has 0 radical (unpaired) electrons. The molecule has 0 saturated carbocycles. The van der Waals surface area contributed by atoms with Gasteiger partial charge in [-0.1, -0.05) is 48.5 Å². The zero-order chi connectivity index (χ0) is 27.0. The number of fused-ring (bicyclic) bond motifs is 3. The van der Waals surface area contributed by atoms with E-state index < -0.39 is 39.9 Å². The summed E-state index contributed by atoms with van der Waals surface area (Å²) in [6.07, 6.45) is 0.252. The van der Waals surface area contributed by atoms with Gasteiger partial charge < -0.3 is 14.6 Å². The number of carboxylic acid groups (broad SMARTS) is 1. The molecular weight excluding hydrogens is 504 g/mol. The van der Waals surface area contributed by atoms with Crippen molar-refractivity contribution < 1.29 is 36.6 Å². The Morgan fingerprint density at radius 3 is 2.51 bits per heavy atom. The molecule has 7 nitrogen and oxygen atoms in total. The number of halogens is 2. The van der Waals surface area contributed by atoms with Crippen molar-refractivity contribution in [1.82, 2.24) is 0 Å². The Balaban J connectivity index is 1.79. The second-order valence-electron chi connectivity index (χ2n) is 9.67. The van der Waals surface area contributed by atoms with E-state index in [2.05, 4.69) is 0 Å². The van der Waals surface area contributed by atoms with Crippen LogP contribution < -0.4 is 14.6 Å². The molecule has 196 valence electrons. The number of carboxylic acids is 1. The number of ether oxygens (including phenoxy) is 2. The smallest absolute Gasteiger partial charge is 0.387 e. The zero-order valence-electron chi connectivity index (χ0n) is 20.3. The molecule has 3 N–H and O–H groups in total. The van der Waals surface area contributed by atoms with Crippen LogP contribution in [0.2, 0.25) is 0 Å². The number of nitrogens with two attached hydrogens (primary N) is 1. The highest BCUT2D eigenvalue weighted by atomic mass is 32.2. The van der Waals surface area contributed by atoms with Crippen molar-refractivity contribution in [2.24, 2.45) is 10.6 Å². The molecule has 3 aromatic carbocycles. The molecule has 0 saturated heterocycles. The maximum absolute atomic E-state index is 13.1. The molecule has 0 amide bonds. The first-order valence-electron chi connectivity index (χ1n) is 11.5. The molecule has 0 aliphatic carbocycles. The molecular formula is C27H27F2NO6S. The third kappa shape index (κ3) is 6.08. The van der Waals surface area contributed by atoms with Crippen LogP contribution in [0.15, 0.2) is 60.7 Å². The van der Waals surface area contributed by atoms with E-state index in [0.29, 0.717) is 40.8 Å². The fourth-order valence-corrected chi connectivity index (χ4v) is 5.01. The van der Waals surface area contributed by atoms with Gasteiger partial charge >= 0.3 is 12.6 Å². The van der Waals surface area contributed by atoms with Crippen molar-refractivity contribution in [3.05, 3.63) is 82.9 Å². The van der Waals surface area contributed by atoms with E-state index in [9.17, 15) is 27.1 Å². The number of sulfonamides is 1. The van der Waals surface area contributed by atoms with Gasteiger partial charge in [-0.25, -0.2) is 13.6 Å². The lowest BCUT2D eigenvalue weighted by atomic mass is 9.85. The first-order chi connectivity index (χ1) is 17.3. The Morgan fingerprint density at radius 1 is 1.11 bits per heavy atom. The molecule has 0 bridgehead atoms. The summed E-state index contributed by atoms with van der Waals surface area (Å²) in [4.78, 5) is 11.5. The summed E-state index contributed by atoms with van der Waals surface area (Å²) in [7, 11) is -3.82. The van der Waals surface area contributed by atoms with Crippen LogP contribution >= 0.6 is 0 Å². The van der Waals surface area contributed by atoms with Gasteiger partial charge in [-0.15, -0.1) is 0 Å². The molecule has 4 rings (SSSR count). The number of carbonyl (C=O) groups is 1. The van der Waals surface area contributed by atoms with E-state index in [4.69, 9.17) is 14.6 Å². The van der Waals surface area contributed by atoms with Crippen LogP contribution in [0, 0.1) is 5.41 Å². The molecule has 3 aromatic rings. The Hall–Kier alpha value is -3.50. The summed E-state index contributed by atoms with van der Waals surface area (Å²) in [5, 5.41) is 14.7. The van der Waals surface area contributed by atoms with E-state index in [0.717, 1.165) is 11.1 Å². The maximum Gasteiger partial charge on any atom is 0.387 e. The summed E-state index contributed by atoms with van der Waals surface area (Å²) < 4.78 is 60.8. The van der Waals surface area contributed by atoms with Crippen molar-refractivity contribution in [1.29, 1.82) is 0 Å². The van der Waals surface area contributed by atoms with Crippen LogP contribution in [0.4, 0.5) is 8.78 Å². The molecule has 0 fully saturated rings. The number of primary sulfonamides is 1. The number of alkyl halides is 2. The van der Waals surface area contributed by atoms with Gasteiger partial charge in [0, 0.05) is 5.56 Å². The average molecular weight is 532 g/mol. The lowest BCUT2D eigenvalue weighted by molar-refractivity contribution is -0.147. The quantitative estimate of drug-likeness (QED) is 0.389. The van der Waals surface area contributed by atoms with E-state index >= 15 is 0 Å². The second-order valence-corrected chi connectivity index (χ2v) is 11.3. The molecule has 10 heteroatoms. The number of benzene rings is 3. The minimum atomic E-state index is -3.82. The monoisotopic (exact) mass is 531 g/mol. The molecule has 37 heavy (non-hydrogen) atoms. The van der Waals surface area contributed by atoms with Crippen molar-refractivity contribution in [3.63, 3.8) is 0 Å². The molecule has 1 unspecified atom stereocenters. The van der Waals surface area contributed by atoms with E-state index in [1.807, 2.05) is 24.3 Å². The highest BCUT2D eigenvalue weighted by Gasteiger charge is 2.31. The first-order valence-corrected chi connectivity index (χ1v) is 13.3. The fraction of sp³-hybridized carbons (Fsp3) is 0.296. The van der Waals surface area contributed by atoms with Crippen molar-refractivity contribution in [2.45, 2.75) is 45.2 Å². The second kappa shape index (κ2) is 10.1. The van der Waals surface area contributed by atoms with Gasteiger partial charge in [0.05, 0.1) is 16.7 Å². The summed E-state index contributed by atoms with van der Waals surface area (Å²) in [6, 6.07) is 17.0. The summed E-state index contributed by atoms with van der Waals surface area (Å²) in [5.41, 5.74) is 2.65. The van der Waals surface area contributed by atoms with Crippen molar-refractivity contribution >= 4 is 16.0 Å². The van der Waals surface area contributed by atoms with E-state index in [-0.39, 0.29) is 5.75 Å². The van der Waals surface area contributed by atoms with Gasteiger partial charge in [-0.3, -0.25) is 4.79 Å². The number of hydrogen-bond acceptors (Lipinski definition) is 5. The lowest BCUT2D eigenvalue weighted by Crippen LogP contribution is -2.24. The first kappa shape index (κ1) is 26.6. The standard InChI is InChI=1S/C27H27F2NO6S/c1-27(2,25(31)32)12-11-16-5-3-6-18(13-16)24-20-14-17(15-37(30,33)34)9-10-19(20)23-21(35-24)7-4-8-22(23)36-26(28)29/h3-10,13-14,24,26H,11-12,15H2,1-2H3,(H,31,32)(H2,30,33,34). The van der Waals surface area contributed by atoms with Gasteiger partial charge in [-0.2, -0.15) is 8.78 Å². The normalized spacial score (nSPS) is 15.0. The molecule has 1 atom stereocenters. The predicted octanol–water partition coefficient (Wildman–Crippen LogP) is 5.27. The highest BCUT2D eigenvalue weighted by Crippen LogP contribution is 2.49. The Morgan fingerprint density at radius 2 is 1.84 bits per heavy atom. The molecule has 1 heterocycles. The van der Waals surface area contributed by atoms with Crippen LogP contribution in [0.1, 0.15) is 48.6 Å². The number of rotatable bonds is 9. The Kier molecular flexibility index (Phi) is 7.25. The SMILES string of the molecule is CC(C)(CCc1cccc(C2Oc3cccc(OC(F)F)c3-c3ccc(CS(N)(=O)=O)cc32)c1)C(=O)O. The molecule has 1 aliphatic heterocycles. The average Bonchev–Trinajstić information content (AvgIpc) is 2.81. The summed E-state index contributed by atoms with van der Waals surface area (Å²) >= 11 is 0. The van der Waals surface area contributed by atoms with Crippen LogP contribution in [0.25, 0.3) is 11.1 Å².